The fourth-order valence-corrected chi connectivity index (χ4v) is 3.31. The van der Waals surface area contributed by atoms with Gasteiger partial charge < -0.3 is 14.8 Å². The number of hydrogen-bond acceptors (Lipinski definition) is 2. The number of benzene rings is 2. The lowest BCUT2D eigenvalue weighted by molar-refractivity contribution is -0.118. The topological polar surface area (TPSA) is 54.3 Å². The van der Waals surface area contributed by atoms with Gasteiger partial charge in [0.15, 0.2) is 0 Å². The standard InChI is InChI=1S/C21H21N3O2/c1-13(2)20(25)22-16-5-4-15-12-24(21(26)18(15)11-16)17-6-7-19-14(10-17)8-9-23(19)3/h4-11,13H,12H2,1-3H3,(H,22,25). The van der Waals surface area contributed by atoms with Crippen LogP contribution in [-0.4, -0.2) is 16.4 Å². The van der Waals surface area contributed by atoms with Crippen molar-refractivity contribution >= 4 is 34.1 Å². The first kappa shape index (κ1) is 16.4. The maximum Gasteiger partial charge on any atom is 0.259 e. The first-order valence-electron chi connectivity index (χ1n) is 8.75. The molecule has 5 nitrogen and oxygen atoms in total. The minimum atomic E-state index is -0.104. The molecule has 26 heavy (non-hydrogen) atoms. The molecule has 4 rings (SSSR count). The van der Waals surface area contributed by atoms with Crippen LogP contribution < -0.4 is 10.2 Å². The van der Waals surface area contributed by atoms with Crippen molar-refractivity contribution in [2.75, 3.05) is 10.2 Å². The van der Waals surface area contributed by atoms with Crippen molar-refractivity contribution in [1.82, 2.24) is 4.57 Å². The predicted octanol–water partition coefficient (Wildman–Crippen LogP) is 3.93. The van der Waals surface area contributed by atoms with Crippen LogP contribution in [0, 0.1) is 5.92 Å². The highest BCUT2D eigenvalue weighted by molar-refractivity contribution is 6.11. The van der Waals surface area contributed by atoms with Crippen LogP contribution in [-0.2, 0) is 18.4 Å². The summed E-state index contributed by atoms with van der Waals surface area (Å²) < 4.78 is 2.06. The highest BCUT2D eigenvalue weighted by atomic mass is 16.2. The molecular weight excluding hydrogens is 326 g/mol. The zero-order valence-electron chi connectivity index (χ0n) is 15.1. The number of aryl methyl sites for hydroxylation is 1. The average Bonchev–Trinajstić information content (AvgIpc) is 3.15. The van der Waals surface area contributed by atoms with Crippen LogP contribution in [0.3, 0.4) is 0 Å². The fourth-order valence-electron chi connectivity index (χ4n) is 3.31. The molecule has 0 fully saturated rings. The van der Waals surface area contributed by atoms with Gasteiger partial charge in [0.25, 0.3) is 5.91 Å². The smallest absolute Gasteiger partial charge is 0.259 e. The summed E-state index contributed by atoms with van der Waals surface area (Å²) in [5.41, 5.74) is 4.32. The van der Waals surface area contributed by atoms with E-state index < -0.39 is 0 Å². The van der Waals surface area contributed by atoms with Crippen molar-refractivity contribution in [3.8, 4) is 0 Å². The van der Waals surface area contributed by atoms with Gasteiger partial charge in [-0.15, -0.1) is 0 Å². The van der Waals surface area contributed by atoms with E-state index in [4.69, 9.17) is 0 Å². The lowest BCUT2D eigenvalue weighted by Gasteiger charge is -2.16. The Hall–Kier alpha value is -3.08. The summed E-state index contributed by atoms with van der Waals surface area (Å²) in [4.78, 5) is 26.6. The summed E-state index contributed by atoms with van der Waals surface area (Å²) in [5.74, 6) is -0.189. The first-order valence-corrected chi connectivity index (χ1v) is 8.75. The molecule has 0 saturated heterocycles. The van der Waals surface area contributed by atoms with Gasteiger partial charge in [0.2, 0.25) is 5.91 Å². The average molecular weight is 347 g/mol. The number of nitrogens with one attached hydrogen (secondary N) is 1. The Labute approximate surface area is 152 Å². The van der Waals surface area contributed by atoms with E-state index >= 15 is 0 Å². The Morgan fingerprint density at radius 3 is 2.69 bits per heavy atom. The number of amides is 2. The summed E-state index contributed by atoms with van der Waals surface area (Å²) in [6.45, 7) is 4.23. The molecule has 2 amide bonds. The number of aromatic nitrogens is 1. The van der Waals surface area contributed by atoms with Gasteiger partial charge in [-0.05, 0) is 42.0 Å². The largest absolute Gasteiger partial charge is 0.351 e. The molecule has 1 aromatic heterocycles. The maximum atomic E-state index is 12.9. The molecule has 1 aliphatic rings. The fraction of sp³-hybridized carbons (Fsp3) is 0.238. The number of rotatable bonds is 3. The highest BCUT2D eigenvalue weighted by Crippen LogP contribution is 2.32. The predicted molar refractivity (Wildman–Crippen MR) is 103 cm³/mol. The molecule has 0 spiro atoms. The van der Waals surface area contributed by atoms with E-state index in [0.29, 0.717) is 17.8 Å². The van der Waals surface area contributed by atoms with E-state index in [1.165, 1.54) is 0 Å². The zero-order valence-corrected chi connectivity index (χ0v) is 15.1. The molecule has 0 aliphatic carbocycles. The van der Waals surface area contributed by atoms with E-state index in [0.717, 1.165) is 22.2 Å². The van der Waals surface area contributed by atoms with Crippen molar-refractivity contribution in [2.24, 2.45) is 13.0 Å². The summed E-state index contributed by atoms with van der Waals surface area (Å²) in [7, 11) is 2.01. The molecule has 2 aromatic carbocycles. The second kappa shape index (κ2) is 6.02. The van der Waals surface area contributed by atoms with Crippen LogP contribution >= 0.6 is 0 Å². The Balaban J connectivity index is 1.63. The molecule has 0 radical (unpaired) electrons. The van der Waals surface area contributed by atoms with Gasteiger partial charge in [-0.25, -0.2) is 0 Å². The third-order valence-corrected chi connectivity index (χ3v) is 4.89. The van der Waals surface area contributed by atoms with Crippen LogP contribution in [0.4, 0.5) is 11.4 Å². The van der Waals surface area contributed by atoms with Crippen molar-refractivity contribution < 1.29 is 9.59 Å². The molecule has 5 heteroatoms. The summed E-state index contributed by atoms with van der Waals surface area (Å²) >= 11 is 0. The molecule has 0 atom stereocenters. The Morgan fingerprint density at radius 1 is 1.12 bits per heavy atom. The van der Waals surface area contributed by atoms with Crippen LogP contribution in [0.5, 0.6) is 0 Å². The van der Waals surface area contributed by atoms with Crippen LogP contribution in [0.15, 0.2) is 48.7 Å². The summed E-state index contributed by atoms with van der Waals surface area (Å²) in [6, 6.07) is 13.7. The van der Waals surface area contributed by atoms with Crippen LogP contribution in [0.2, 0.25) is 0 Å². The van der Waals surface area contributed by atoms with Gasteiger partial charge in [0, 0.05) is 47.0 Å². The minimum Gasteiger partial charge on any atom is -0.351 e. The van der Waals surface area contributed by atoms with Crippen molar-refractivity contribution in [2.45, 2.75) is 20.4 Å². The van der Waals surface area contributed by atoms with Gasteiger partial charge >= 0.3 is 0 Å². The van der Waals surface area contributed by atoms with Gasteiger partial charge in [0.1, 0.15) is 0 Å². The highest BCUT2D eigenvalue weighted by Gasteiger charge is 2.29. The lowest BCUT2D eigenvalue weighted by atomic mass is 10.1. The van der Waals surface area contributed by atoms with Gasteiger partial charge in [-0.1, -0.05) is 19.9 Å². The monoisotopic (exact) mass is 347 g/mol. The Morgan fingerprint density at radius 2 is 1.92 bits per heavy atom. The molecular formula is C21H21N3O2. The maximum absolute atomic E-state index is 12.9. The molecule has 0 bridgehead atoms. The molecule has 1 aliphatic heterocycles. The third kappa shape index (κ3) is 2.65. The number of hydrogen-bond donors (Lipinski definition) is 1. The van der Waals surface area contributed by atoms with Gasteiger partial charge in [0.05, 0.1) is 6.54 Å². The van der Waals surface area contributed by atoms with E-state index in [-0.39, 0.29) is 17.7 Å². The molecule has 0 unspecified atom stereocenters. The number of carbonyl (C=O) groups excluding carboxylic acids is 2. The minimum absolute atomic E-state index is 0.0315. The number of nitrogens with zero attached hydrogens (tertiary/aromatic N) is 2. The molecule has 3 aromatic rings. The Kier molecular flexibility index (Phi) is 3.80. The second-order valence-corrected chi connectivity index (χ2v) is 7.08. The quantitative estimate of drug-likeness (QED) is 0.780. The van der Waals surface area contributed by atoms with Crippen molar-refractivity contribution in [3.63, 3.8) is 0 Å². The molecule has 2 heterocycles. The molecule has 0 saturated carbocycles. The van der Waals surface area contributed by atoms with Crippen LogP contribution in [0.1, 0.15) is 29.8 Å². The van der Waals surface area contributed by atoms with Crippen LogP contribution in [0.25, 0.3) is 10.9 Å². The first-order chi connectivity index (χ1) is 12.4. The number of carbonyl (C=O) groups is 2. The SMILES string of the molecule is CC(C)C(=O)Nc1ccc2c(c1)C(=O)N(c1ccc3c(ccn3C)c1)C2. The summed E-state index contributed by atoms with van der Waals surface area (Å²) in [5, 5.41) is 3.97. The zero-order chi connectivity index (χ0) is 18.4. The Bertz CT molecular complexity index is 1030. The normalized spacial score (nSPS) is 13.5. The van der Waals surface area contributed by atoms with E-state index in [1.807, 2.05) is 63.5 Å². The van der Waals surface area contributed by atoms with Crippen molar-refractivity contribution in [3.05, 3.63) is 59.8 Å². The lowest BCUT2D eigenvalue weighted by Crippen LogP contribution is -2.23. The van der Waals surface area contributed by atoms with E-state index in [2.05, 4.69) is 9.88 Å². The van der Waals surface area contributed by atoms with Gasteiger partial charge in [-0.3, -0.25) is 9.59 Å². The molecule has 132 valence electrons. The van der Waals surface area contributed by atoms with E-state index in [1.54, 1.807) is 11.0 Å². The van der Waals surface area contributed by atoms with Crippen molar-refractivity contribution in [1.29, 1.82) is 0 Å². The summed E-state index contributed by atoms with van der Waals surface area (Å²) in [6.07, 6.45) is 2.01. The molecule has 1 N–H and O–H groups in total. The number of anilines is 2. The van der Waals surface area contributed by atoms with E-state index in [9.17, 15) is 9.59 Å². The number of fused-ring (bicyclic) bond motifs is 2. The second-order valence-electron chi connectivity index (χ2n) is 7.08. The third-order valence-electron chi connectivity index (χ3n) is 4.89. The van der Waals surface area contributed by atoms with Gasteiger partial charge in [-0.2, -0.15) is 0 Å².